The molecule has 2 nitrogen and oxygen atoms in total. The highest BCUT2D eigenvalue weighted by atomic mass is 79.9. The molecule has 4 heteroatoms. The highest BCUT2D eigenvalue weighted by Gasteiger charge is 2.09. The Balaban J connectivity index is 0.000000771. The molecule has 1 heterocycles. The molecule has 0 saturated carbocycles. The summed E-state index contributed by atoms with van der Waals surface area (Å²) in [5.41, 5.74) is 1.57. The van der Waals surface area contributed by atoms with E-state index in [-0.39, 0.29) is 5.97 Å². The molecule has 1 aromatic heterocycles. The van der Waals surface area contributed by atoms with E-state index in [9.17, 15) is 4.79 Å². The fourth-order valence-corrected chi connectivity index (χ4v) is 2.62. The van der Waals surface area contributed by atoms with Gasteiger partial charge in [-0.25, -0.2) is 4.79 Å². The maximum atomic E-state index is 11.4. The maximum Gasteiger partial charge on any atom is 0.337 e. The molecule has 0 N–H and O–H groups in total. The van der Waals surface area contributed by atoms with E-state index >= 15 is 0 Å². The lowest BCUT2D eigenvalue weighted by Gasteiger charge is -2.03. The van der Waals surface area contributed by atoms with Gasteiger partial charge in [0.1, 0.15) is 0 Å². The van der Waals surface area contributed by atoms with E-state index in [1.54, 1.807) is 17.4 Å². The second-order valence-corrected chi connectivity index (χ2v) is 5.06. The summed E-state index contributed by atoms with van der Waals surface area (Å²) in [6.07, 6.45) is 0. The van der Waals surface area contributed by atoms with E-state index < -0.39 is 0 Å². The highest BCUT2D eigenvalue weighted by molar-refractivity contribution is 9.10. The van der Waals surface area contributed by atoms with E-state index in [1.165, 1.54) is 7.11 Å². The molecule has 0 unspecified atom stereocenters. The standard InChI is InChI=1S/C12H9BrO2S.C2H6/c1-15-12(14)9-5-8(6-10(13)7-9)11-3-2-4-16-11;1-2/h2-7H,1H3;1-2H3. The Morgan fingerprint density at radius 1 is 1.28 bits per heavy atom. The second kappa shape index (κ2) is 7.34. The van der Waals surface area contributed by atoms with Crippen LogP contribution in [0.1, 0.15) is 24.2 Å². The van der Waals surface area contributed by atoms with Crippen molar-refractivity contribution >= 4 is 33.2 Å². The number of carbonyl (C=O) groups is 1. The highest BCUT2D eigenvalue weighted by Crippen LogP contribution is 2.28. The van der Waals surface area contributed by atoms with Crippen LogP contribution >= 0.6 is 27.3 Å². The summed E-state index contributed by atoms with van der Waals surface area (Å²) in [7, 11) is 1.38. The lowest BCUT2D eigenvalue weighted by Crippen LogP contribution is -2.01. The van der Waals surface area contributed by atoms with Crippen LogP contribution in [-0.2, 0) is 4.74 Å². The number of halogens is 1. The fourth-order valence-electron chi connectivity index (χ4n) is 1.41. The third kappa shape index (κ3) is 3.68. The molecule has 0 aliphatic carbocycles. The Labute approximate surface area is 120 Å². The third-order valence-electron chi connectivity index (χ3n) is 2.12. The van der Waals surface area contributed by atoms with Crippen LogP contribution in [0.5, 0.6) is 0 Å². The minimum absolute atomic E-state index is 0.320. The predicted molar refractivity (Wildman–Crippen MR) is 80.1 cm³/mol. The molecular weight excluding hydrogens is 312 g/mol. The van der Waals surface area contributed by atoms with Crippen molar-refractivity contribution < 1.29 is 9.53 Å². The van der Waals surface area contributed by atoms with Gasteiger partial charge in [-0.05, 0) is 35.2 Å². The Bertz CT molecular complexity index is 507. The van der Waals surface area contributed by atoms with Gasteiger partial charge in [0.25, 0.3) is 0 Å². The SMILES string of the molecule is CC.COC(=O)c1cc(Br)cc(-c2cccs2)c1. The molecule has 2 aromatic rings. The average Bonchev–Trinajstić information content (AvgIpc) is 2.93. The van der Waals surface area contributed by atoms with E-state index in [0.717, 1.165) is 14.9 Å². The van der Waals surface area contributed by atoms with Crippen molar-refractivity contribution in [2.75, 3.05) is 7.11 Å². The normalized spacial score (nSPS) is 9.33. The molecule has 0 amide bonds. The maximum absolute atomic E-state index is 11.4. The van der Waals surface area contributed by atoms with Gasteiger partial charge in [-0.1, -0.05) is 35.8 Å². The topological polar surface area (TPSA) is 26.3 Å². The van der Waals surface area contributed by atoms with Crippen LogP contribution in [0.3, 0.4) is 0 Å². The average molecular weight is 327 g/mol. The monoisotopic (exact) mass is 326 g/mol. The number of hydrogen-bond acceptors (Lipinski definition) is 3. The van der Waals surface area contributed by atoms with Crippen LogP contribution in [0.2, 0.25) is 0 Å². The van der Waals surface area contributed by atoms with Crippen molar-refractivity contribution in [2.24, 2.45) is 0 Å². The van der Waals surface area contributed by atoms with Crippen molar-refractivity contribution in [3.05, 3.63) is 45.7 Å². The first kappa shape index (κ1) is 14.9. The first-order valence-corrected chi connectivity index (χ1v) is 7.31. The Hall–Kier alpha value is -1.13. The van der Waals surface area contributed by atoms with Crippen molar-refractivity contribution in [3.8, 4) is 10.4 Å². The van der Waals surface area contributed by atoms with Gasteiger partial charge in [-0.3, -0.25) is 0 Å². The van der Waals surface area contributed by atoms with Gasteiger partial charge >= 0.3 is 5.97 Å². The Morgan fingerprint density at radius 3 is 2.56 bits per heavy atom. The second-order valence-electron chi connectivity index (χ2n) is 3.20. The lowest BCUT2D eigenvalue weighted by molar-refractivity contribution is 0.0600. The van der Waals surface area contributed by atoms with E-state index in [2.05, 4.69) is 15.9 Å². The summed E-state index contributed by atoms with van der Waals surface area (Å²) in [6.45, 7) is 4.00. The van der Waals surface area contributed by atoms with Crippen LogP contribution in [0.25, 0.3) is 10.4 Å². The number of hydrogen-bond donors (Lipinski definition) is 0. The molecule has 0 radical (unpaired) electrons. The molecule has 0 bridgehead atoms. The van der Waals surface area contributed by atoms with E-state index in [0.29, 0.717) is 5.56 Å². The molecule has 18 heavy (non-hydrogen) atoms. The van der Waals surface area contributed by atoms with Gasteiger partial charge in [-0.15, -0.1) is 11.3 Å². The third-order valence-corrected chi connectivity index (χ3v) is 3.50. The molecule has 1 aromatic carbocycles. The zero-order valence-corrected chi connectivity index (χ0v) is 13.0. The molecule has 0 atom stereocenters. The summed E-state index contributed by atoms with van der Waals surface area (Å²) in [6, 6.07) is 9.58. The van der Waals surface area contributed by atoms with Crippen molar-refractivity contribution in [1.29, 1.82) is 0 Å². The minimum atomic E-state index is -0.320. The quantitative estimate of drug-likeness (QED) is 0.726. The van der Waals surface area contributed by atoms with Crippen LogP contribution in [0, 0.1) is 0 Å². The zero-order valence-electron chi connectivity index (χ0n) is 10.6. The summed E-state index contributed by atoms with van der Waals surface area (Å²) >= 11 is 5.03. The van der Waals surface area contributed by atoms with Gasteiger partial charge in [0.2, 0.25) is 0 Å². The van der Waals surface area contributed by atoms with E-state index in [4.69, 9.17) is 4.74 Å². The van der Waals surface area contributed by atoms with Crippen LogP contribution in [-0.4, -0.2) is 13.1 Å². The van der Waals surface area contributed by atoms with Gasteiger partial charge < -0.3 is 4.74 Å². The summed E-state index contributed by atoms with van der Waals surface area (Å²) in [4.78, 5) is 12.6. The van der Waals surface area contributed by atoms with Crippen molar-refractivity contribution in [1.82, 2.24) is 0 Å². The van der Waals surface area contributed by atoms with E-state index in [1.807, 2.05) is 43.5 Å². The summed E-state index contributed by atoms with van der Waals surface area (Å²) < 4.78 is 5.58. The Kier molecular flexibility index (Phi) is 6.09. The van der Waals surface area contributed by atoms with Gasteiger partial charge in [0.05, 0.1) is 12.7 Å². The lowest BCUT2D eigenvalue weighted by atomic mass is 10.1. The molecule has 96 valence electrons. The first-order chi connectivity index (χ1) is 8.70. The number of benzene rings is 1. The minimum Gasteiger partial charge on any atom is -0.465 e. The molecule has 0 aliphatic rings. The molecular formula is C14H15BrO2S. The van der Waals surface area contributed by atoms with Crippen LogP contribution in [0.15, 0.2) is 40.2 Å². The molecule has 0 aliphatic heterocycles. The number of carbonyl (C=O) groups excluding carboxylic acids is 1. The molecule has 0 spiro atoms. The molecule has 0 fully saturated rings. The fraction of sp³-hybridized carbons (Fsp3) is 0.214. The number of rotatable bonds is 2. The number of thiophene rings is 1. The Morgan fingerprint density at radius 2 is 2.00 bits per heavy atom. The van der Waals surface area contributed by atoms with Crippen LogP contribution < -0.4 is 0 Å². The first-order valence-electron chi connectivity index (χ1n) is 5.63. The zero-order chi connectivity index (χ0) is 13.5. The summed E-state index contributed by atoms with van der Waals surface area (Å²) in [5, 5.41) is 2.01. The predicted octanol–water partition coefficient (Wildman–Crippen LogP) is 4.99. The van der Waals surface area contributed by atoms with Crippen molar-refractivity contribution in [3.63, 3.8) is 0 Å². The number of esters is 1. The number of ether oxygens (including phenoxy) is 1. The van der Waals surface area contributed by atoms with Gasteiger partial charge in [-0.2, -0.15) is 0 Å². The summed E-state index contributed by atoms with van der Waals surface area (Å²) in [5.74, 6) is -0.320. The molecule has 2 rings (SSSR count). The van der Waals surface area contributed by atoms with Gasteiger partial charge in [0.15, 0.2) is 0 Å². The number of methoxy groups -OCH3 is 1. The molecule has 0 saturated heterocycles. The smallest absolute Gasteiger partial charge is 0.337 e. The van der Waals surface area contributed by atoms with Crippen LogP contribution in [0.4, 0.5) is 0 Å². The largest absolute Gasteiger partial charge is 0.465 e. The van der Waals surface area contributed by atoms with Crippen molar-refractivity contribution in [2.45, 2.75) is 13.8 Å². The van der Waals surface area contributed by atoms with Gasteiger partial charge in [0, 0.05) is 9.35 Å².